The Balaban J connectivity index is 4.11. The molecule has 0 saturated carbocycles. The van der Waals surface area contributed by atoms with Gasteiger partial charge in [-0.2, -0.15) is 0 Å². The molecule has 0 aromatic carbocycles. The van der Waals surface area contributed by atoms with Crippen molar-refractivity contribution in [1.82, 2.24) is 0 Å². The van der Waals surface area contributed by atoms with E-state index in [-0.39, 0.29) is 5.92 Å². The van der Waals surface area contributed by atoms with Gasteiger partial charge in [0.25, 0.3) is 0 Å². The van der Waals surface area contributed by atoms with Gasteiger partial charge in [0.05, 0.1) is 0 Å². The fourth-order valence-electron chi connectivity index (χ4n) is 0.594. The van der Waals surface area contributed by atoms with Gasteiger partial charge in [-0.1, -0.05) is 53.4 Å². The van der Waals surface area contributed by atoms with E-state index in [1.54, 1.807) is 0 Å². The van der Waals surface area contributed by atoms with Crippen LogP contribution in [0.2, 0.25) is 0 Å². The highest BCUT2D eigenvalue weighted by molar-refractivity contribution is 6.67. The Morgan fingerprint density at radius 1 is 1.30 bits per heavy atom. The van der Waals surface area contributed by atoms with Crippen molar-refractivity contribution < 1.29 is 0 Å². The van der Waals surface area contributed by atoms with Gasteiger partial charge in [0, 0.05) is 5.92 Å². The van der Waals surface area contributed by atoms with Crippen LogP contribution in [0.5, 0.6) is 0 Å². The third-order valence-electron chi connectivity index (χ3n) is 1.10. The molecule has 0 nitrogen and oxygen atoms in total. The summed E-state index contributed by atoms with van der Waals surface area (Å²) in [5.74, 6) is -0.0255. The largest absolute Gasteiger partial charge is 0.196 e. The van der Waals surface area contributed by atoms with Crippen molar-refractivity contribution in [2.75, 3.05) is 0 Å². The maximum Gasteiger partial charge on any atom is 0.196 e. The first-order chi connectivity index (χ1) is 4.34. The quantitative estimate of drug-likeness (QED) is 0.445. The molecule has 0 aromatic heterocycles. The van der Waals surface area contributed by atoms with Crippen molar-refractivity contribution in [2.45, 2.75) is 24.6 Å². The van der Waals surface area contributed by atoms with Crippen LogP contribution in [0.4, 0.5) is 0 Å². The molecule has 0 radical (unpaired) electrons. The Labute approximate surface area is 77.1 Å². The maximum absolute atomic E-state index is 5.61. The highest BCUT2D eigenvalue weighted by Gasteiger charge is 2.26. The Morgan fingerprint density at radius 3 is 1.80 bits per heavy atom. The van der Waals surface area contributed by atoms with Gasteiger partial charge < -0.3 is 0 Å². The Bertz CT molecular complexity index is 128. The zero-order valence-corrected chi connectivity index (χ0v) is 8.56. The number of hydrogen-bond donors (Lipinski definition) is 0. The molecule has 0 saturated heterocycles. The van der Waals surface area contributed by atoms with Gasteiger partial charge in [0.2, 0.25) is 0 Å². The fourth-order valence-corrected chi connectivity index (χ4v) is 0.783. The molecule has 0 fully saturated rings. The van der Waals surface area contributed by atoms with E-state index >= 15 is 0 Å². The van der Waals surface area contributed by atoms with E-state index in [1.165, 1.54) is 5.57 Å². The van der Waals surface area contributed by atoms with Crippen LogP contribution in [0.15, 0.2) is 11.6 Å². The van der Waals surface area contributed by atoms with Crippen molar-refractivity contribution >= 4 is 34.8 Å². The summed E-state index contributed by atoms with van der Waals surface area (Å²) in [5, 5.41) is 0. The zero-order chi connectivity index (χ0) is 8.36. The number of rotatable bonds is 1. The van der Waals surface area contributed by atoms with Crippen LogP contribution >= 0.6 is 34.8 Å². The molecule has 0 bridgehead atoms. The maximum atomic E-state index is 5.61. The van der Waals surface area contributed by atoms with Crippen molar-refractivity contribution in [3.05, 3.63) is 11.6 Å². The summed E-state index contributed by atoms with van der Waals surface area (Å²) in [5.41, 5.74) is 1.17. The molecular weight excluding hydrogens is 190 g/mol. The third-order valence-corrected chi connectivity index (χ3v) is 2.13. The van der Waals surface area contributed by atoms with E-state index in [4.69, 9.17) is 34.8 Å². The molecule has 0 aliphatic carbocycles. The summed E-state index contributed by atoms with van der Waals surface area (Å²) in [7, 11) is 0. The van der Waals surface area contributed by atoms with E-state index in [1.807, 2.05) is 26.8 Å². The average Bonchev–Trinajstić information content (AvgIpc) is 1.60. The van der Waals surface area contributed by atoms with E-state index in [9.17, 15) is 0 Å². The molecule has 3 heteroatoms. The molecule has 60 valence electrons. The van der Waals surface area contributed by atoms with Crippen LogP contribution in [-0.2, 0) is 0 Å². The molecule has 0 aromatic rings. The molecule has 0 aliphatic heterocycles. The highest BCUT2D eigenvalue weighted by Crippen LogP contribution is 2.35. The Hall–Kier alpha value is 0.610. The minimum absolute atomic E-state index is 0.0255. The molecule has 0 heterocycles. The summed E-state index contributed by atoms with van der Waals surface area (Å²) in [4.78, 5) is 0. The molecule has 0 N–H and O–H groups in total. The molecule has 1 unspecified atom stereocenters. The lowest BCUT2D eigenvalue weighted by Crippen LogP contribution is -2.13. The van der Waals surface area contributed by atoms with E-state index in [2.05, 4.69) is 0 Å². The lowest BCUT2D eigenvalue weighted by atomic mass is 10.1. The molecule has 1 atom stereocenters. The predicted octanol–water partition coefficient (Wildman–Crippen LogP) is 3.96. The van der Waals surface area contributed by atoms with E-state index < -0.39 is 3.79 Å². The topological polar surface area (TPSA) is 0 Å². The van der Waals surface area contributed by atoms with Gasteiger partial charge in [0.1, 0.15) is 0 Å². The van der Waals surface area contributed by atoms with Gasteiger partial charge in [-0.25, -0.2) is 0 Å². The SMILES string of the molecule is CC(C)=CC(C)C(Cl)(Cl)Cl. The molecule has 0 rings (SSSR count). The summed E-state index contributed by atoms with van der Waals surface area (Å²) >= 11 is 16.8. The van der Waals surface area contributed by atoms with Gasteiger partial charge in [0.15, 0.2) is 3.79 Å². The lowest BCUT2D eigenvalue weighted by Gasteiger charge is -2.16. The van der Waals surface area contributed by atoms with Crippen LogP contribution in [-0.4, -0.2) is 3.79 Å². The van der Waals surface area contributed by atoms with Gasteiger partial charge >= 0.3 is 0 Å². The second-order valence-electron chi connectivity index (χ2n) is 2.57. The number of hydrogen-bond acceptors (Lipinski definition) is 0. The Kier molecular flexibility index (Phi) is 4.08. The monoisotopic (exact) mass is 200 g/mol. The zero-order valence-electron chi connectivity index (χ0n) is 6.29. The molecule has 10 heavy (non-hydrogen) atoms. The van der Waals surface area contributed by atoms with Crippen molar-refractivity contribution in [3.63, 3.8) is 0 Å². The molecule has 0 amide bonds. The Morgan fingerprint density at radius 2 is 1.70 bits per heavy atom. The molecular formula is C7H11Cl3. The van der Waals surface area contributed by atoms with E-state index in [0.717, 1.165) is 0 Å². The van der Waals surface area contributed by atoms with Crippen LogP contribution in [0.1, 0.15) is 20.8 Å². The van der Waals surface area contributed by atoms with Crippen molar-refractivity contribution in [2.24, 2.45) is 5.92 Å². The van der Waals surface area contributed by atoms with Gasteiger partial charge in [-0.3, -0.25) is 0 Å². The standard InChI is InChI=1S/C7H11Cl3/c1-5(2)4-6(3)7(8,9)10/h4,6H,1-3H3. The summed E-state index contributed by atoms with van der Waals surface area (Å²) in [6, 6.07) is 0. The van der Waals surface area contributed by atoms with Crippen LogP contribution < -0.4 is 0 Å². The highest BCUT2D eigenvalue weighted by atomic mass is 35.6. The van der Waals surface area contributed by atoms with E-state index in [0.29, 0.717) is 0 Å². The first kappa shape index (κ1) is 10.6. The van der Waals surface area contributed by atoms with Gasteiger partial charge in [-0.05, 0) is 13.8 Å². The first-order valence-corrected chi connectivity index (χ1v) is 4.19. The second-order valence-corrected chi connectivity index (χ2v) is 4.94. The average molecular weight is 202 g/mol. The molecule has 0 aliphatic rings. The minimum atomic E-state index is -1.17. The summed E-state index contributed by atoms with van der Waals surface area (Å²) in [6.45, 7) is 5.83. The van der Waals surface area contributed by atoms with Crippen LogP contribution in [0.3, 0.4) is 0 Å². The van der Waals surface area contributed by atoms with Crippen LogP contribution in [0.25, 0.3) is 0 Å². The number of allylic oxidation sites excluding steroid dienone is 2. The lowest BCUT2D eigenvalue weighted by molar-refractivity contribution is 0.745. The normalized spacial score (nSPS) is 14.6. The predicted molar refractivity (Wildman–Crippen MR) is 48.9 cm³/mol. The fraction of sp³-hybridized carbons (Fsp3) is 0.714. The van der Waals surface area contributed by atoms with Crippen LogP contribution in [0, 0.1) is 5.92 Å². The number of halogens is 3. The summed E-state index contributed by atoms with van der Waals surface area (Å²) < 4.78 is -1.17. The van der Waals surface area contributed by atoms with Crippen molar-refractivity contribution in [3.8, 4) is 0 Å². The first-order valence-electron chi connectivity index (χ1n) is 3.05. The van der Waals surface area contributed by atoms with Crippen molar-refractivity contribution in [1.29, 1.82) is 0 Å². The minimum Gasteiger partial charge on any atom is -0.0830 e. The smallest absolute Gasteiger partial charge is 0.0830 e. The molecule has 0 spiro atoms. The number of alkyl halides is 3. The van der Waals surface area contributed by atoms with Gasteiger partial charge in [-0.15, -0.1) is 0 Å². The summed E-state index contributed by atoms with van der Waals surface area (Å²) in [6.07, 6.45) is 1.94. The third kappa shape index (κ3) is 4.43. The second kappa shape index (κ2) is 3.85.